The second-order valence-corrected chi connectivity index (χ2v) is 7.36. The molecule has 1 heterocycles. The fourth-order valence-electron chi connectivity index (χ4n) is 3.48. The van der Waals surface area contributed by atoms with E-state index in [9.17, 15) is 19.5 Å². The predicted molar refractivity (Wildman–Crippen MR) is 123 cm³/mol. The molecule has 0 bridgehead atoms. The van der Waals surface area contributed by atoms with Crippen LogP contribution in [0.25, 0.3) is 0 Å². The Kier molecular flexibility index (Phi) is 9.49. The van der Waals surface area contributed by atoms with Gasteiger partial charge in [0, 0.05) is 31.6 Å². The third-order valence-corrected chi connectivity index (χ3v) is 5.01. The zero-order chi connectivity index (χ0) is 22.2. The summed E-state index contributed by atoms with van der Waals surface area (Å²) in [5, 5.41) is 18.0. The molecule has 1 aliphatic heterocycles. The molecule has 1 unspecified atom stereocenters. The number of aliphatic carboxylic acids is 1. The molecule has 172 valence electrons. The van der Waals surface area contributed by atoms with E-state index in [1.165, 1.54) is 5.56 Å². The lowest BCUT2D eigenvalue weighted by Crippen LogP contribution is -2.30. The van der Waals surface area contributed by atoms with Crippen LogP contribution in [0.1, 0.15) is 48.9 Å². The van der Waals surface area contributed by atoms with Gasteiger partial charge >= 0.3 is 5.97 Å². The lowest BCUT2D eigenvalue weighted by molar-refractivity contribution is -0.138. The number of ether oxygens (including phenoxy) is 1. The fourth-order valence-corrected chi connectivity index (χ4v) is 3.48. The van der Waals surface area contributed by atoms with Crippen LogP contribution in [0.4, 0.5) is 5.69 Å². The molecule has 1 aliphatic rings. The van der Waals surface area contributed by atoms with Crippen molar-refractivity contribution in [1.29, 1.82) is 0 Å². The van der Waals surface area contributed by atoms with E-state index < -0.39 is 12.0 Å². The van der Waals surface area contributed by atoms with Crippen molar-refractivity contribution in [2.75, 3.05) is 11.9 Å². The lowest BCUT2D eigenvalue weighted by atomic mass is 10.0. The van der Waals surface area contributed by atoms with Gasteiger partial charge in [-0.1, -0.05) is 18.2 Å². The second-order valence-electron chi connectivity index (χ2n) is 7.36. The minimum atomic E-state index is -1.02. The van der Waals surface area contributed by atoms with Gasteiger partial charge in [0.1, 0.15) is 5.75 Å². The summed E-state index contributed by atoms with van der Waals surface area (Å²) < 4.78 is 5.39. The Hall–Kier alpha value is -3.10. The number of halogens is 1. The van der Waals surface area contributed by atoms with Crippen LogP contribution in [0.3, 0.4) is 0 Å². The van der Waals surface area contributed by atoms with Crippen molar-refractivity contribution in [2.45, 2.75) is 45.3 Å². The number of amides is 2. The summed E-state index contributed by atoms with van der Waals surface area (Å²) in [6.45, 7) is 4.01. The number of nitrogens with one attached hydrogen (secondary N) is 3. The van der Waals surface area contributed by atoms with Gasteiger partial charge in [-0.2, -0.15) is 0 Å². The minimum absolute atomic E-state index is 0. The molecule has 0 saturated carbocycles. The van der Waals surface area contributed by atoms with Crippen molar-refractivity contribution < 1.29 is 24.2 Å². The van der Waals surface area contributed by atoms with E-state index in [2.05, 4.69) is 16.0 Å². The van der Waals surface area contributed by atoms with Gasteiger partial charge in [-0.3, -0.25) is 14.4 Å². The summed E-state index contributed by atoms with van der Waals surface area (Å²) in [7, 11) is 0. The number of benzene rings is 2. The van der Waals surface area contributed by atoms with Crippen LogP contribution in [-0.4, -0.2) is 29.5 Å². The van der Waals surface area contributed by atoms with E-state index in [0.29, 0.717) is 23.6 Å². The molecule has 0 aromatic heterocycles. The molecule has 8 nitrogen and oxygen atoms in total. The van der Waals surface area contributed by atoms with E-state index in [1.54, 1.807) is 24.3 Å². The number of hydrogen-bond acceptors (Lipinski definition) is 5. The second kappa shape index (κ2) is 12.1. The van der Waals surface area contributed by atoms with E-state index in [-0.39, 0.29) is 43.5 Å². The topological polar surface area (TPSA) is 117 Å². The highest BCUT2D eigenvalue weighted by Crippen LogP contribution is 2.22. The Bertz CT molecular complexity index is 949. The van der Waals surface area contributed by atoms with Crippen LogP contribution in [0.2, 0.25) is 0 Å². The number of carboxylic acids is 1. The maximum Gasteiger partial charge on any atom is 0.305 e. The van der Waals surface area contributed by atoms with E-state index >= 15 is 0 Å². The average molecular weight is 462 g/mol. The molecular formula is C23H28ClN3O5. The number of carboxylic acid groups (broad SMARTS) is 1. The van der Waals surface area contributed by atoms with Crippen molar-refractivity contribution >= 4 is 35.9 Å². The average Bonchev–Trinajstić information content (AvgIpc) is 3.20. The van der Waals surface area contributed by atoms with Crippen molar-refractivity contribution in [1.82, 2.24) is 10.6 Å². The molecule has 4 N–H and O–H groups in total. The first-order valence-corrected chi connectivity index (χ1v) is 10.3. The van der Waals surface area contributed by atoms with Crippen molar-refractivity contribution in [3.8, 4) is 5.75 Å². The summed E-state index contributed by atoms with van der Waals surface area (Å²) in [6, 6.07) is 12.0. The van der Waals surface area contributed by atoms with Gasteiger partial charge in [0.05, 0.1) is 19.1 Å². The standard InChI is InChI=1S/C23H27N3O5.ClH/c1-2-31-19-7-4-15(5-8-19)20(12-23(29)30)26-22(28)10-9-21(27)25-18-6-3-16-13-24-14-17(16)11-18;/h3-8,11,20,24H,2,9-10,12-14H2,1H3,(H,25,27)(H,26,28)(H,29,30);1H. The Balaban J connectivity index is 0.00000363. The first-order valence-electron chi connectivity index (χ1n) is 10.3. The molecule has 0 aliphatic carbocycles. The summed E-state index contributed by atoms with van der Waals surface area (Å²) >= 11 is 0. The van der Waals surface area contributed by atoms with E-state index in [1.807, 2.05) is 25.1 Å². The van der Waals surface area contributed by atoms with Crippen LogP contribution in [0.15, 0.2) is 42.5 Å². The number of anilines is 1. The summed E-state index contributed by atoms with van der Waals surface area (Å²) in [4.78, 5) is 35.8. The van der Waals surface area contributed by atoms with Crippen molar-refractivity contribution in [2.24, 2.45) is 0 Å². The quantitative estimate of drug-likeness (QED) is 0.432. The Morgan fingerprint density at radius 1 is 1.03 bits per heavy atom. The molecule has 32 heavy (non-hydrogen) atoms. The zero-order valence-electron chi connectivity index (χ0n) is 17.8. The van der Waals surface area contributed by atoms with Crippen LogP contribution < -0.4 is 20.7 Å². The first-order chi connectivity index (χ1) is 14.9. The normalized spacial score (nSPS) is 12.8. The predicted octanol–water partition coefficient (Wildman–Crippen LogP) is 3.16. The molecule has 0 radical (unpaired) electrons. The van der Waals surface area contributed by atoms with Gasteiger partial charge in [0.2, 0.25) is 11.8 Å². The molecule has 1 atom stereocenters. The van der Waals surface area contributed by atoms with Crippen molar-refractivity contribution in [3.63, 3.8) is 0 Å². The summed E-state index contributed by atoms with van der Waals surface area (Å²) in [5.41, 5.74) is 3.74. The molecule has 9 heteroatoms. The van der Waals surface area contributed by atoms with Gasteiger partial charge < -0.3 is 25.8 Å². The number of rotatable bonds is 10. The highest BCUT2D eigenvalue weighted by molar-refractivity contribution is 5.93. The summed E-state index contributed by atoms with van der Waals surface area (Å²) in [6.07, 6.45) is -0.287. The van der Waals surface area contributed by atoms with Crippen LogP contribution >= 0.6 is 12.4 Å². The van der Waals surface area contributed by atoms with Crippen LogP contribution in [-0.2, 0) is 27.5 Å². The molecule has 2 amide bonds. The largest absolute Gasteiger partial charge is 0.494 e. The number of fused-ring (bicyclic) bond motifs is 1. The molecular weight excluding hydrogens is 434 g/mol. The van der Waals surface area contributed by atoms with E-state index in [0.717, 1.165) is 18.7 Å². The van der Waals surface area contributed by atoms with Crippen LogP contribution in [0, 0.1) is 0 Å². The molecule has 0 spiro atoms. The molecule has 2 aromatic rings. The van der Waals surface area contributed by atoms with Gasteiger partial charge in [0.25, 0.3) is 0 Å². The number of hydrogen-bond donors (Lipinski definition) is 4. The van der Waals surface area contributed by atoms with Gasteiger partial charge in [-0.15, -0.1) is 12.4 Å². The maximum atomic E-state index is 12.4. The number of carbonyl (C=O) groups excluding carboxylic acids is 2. The lowest BCUT2D eigenvalue weighted by Gasteiger charge is -2.18. The molecule has 0 fully saturated rings. The fraction of sp³-hybridized carbons (Fsp3) is 0.348. The minimum Gasteiger partial charge on any atom is -0.494 e. The summed E-state index contributed by atoms with van der Waals surface area (Å²) in [5.74, 6) is -1.00. The Morgan fingerprint density at radius 3 is 2.41 bits per heavy atom. The van der Waals surface area contributed by atoms with E-state index in [4.69, 9.17) is 4.74 Å². The van der Waals surface area contributed by atoms with Gasteiger partial charge in [-0.25, -0.2) is 0 Å². The third kappa shape index (κ3) is 7.25. The highest BCUT2D eigenvalue weighted by Gasteiger charge is 2.19. The zero-order valence-corrected chi connectivity index (χ0v) is 18.7. The maximum absolute atomic E-state index is 12.4. The number of carbonyl (C=O) groups is 3. The van der Waals surface area contributed by atoms with Crippen molar-refractivity contribution in [3.05, 3.63) is 59.2 Å². The third-order valence-electron chi connectivity index (χ3n) is 5.01. The molecule has 0 saturated heterocycles. The van der Waals surface area contributed by atoms with Gasteiger partial charge in [0.15, 0.2) is 0 Å². The molecule has 3 rings (SSSR count). The highest BCUT2D eigenvalue weighted by atomic mass is 35.5. The van der Waals surface area contributed by atoms with Gasteiger partial charge in [-0.05, 0) is 47.9 Å². The van der Waals surface area contributed by atoms with Crippen LogP contribution in [0.5, 0.6) is 5.75 Å². The SMILES string of the molecule is CCOc1ccc(C(CC(=O)O)NC(=O)CCC(=O)Nc2ccc3c(c2)CNC3)cc1.Cl. The monoisotopic (exact) mass is 461 g/mol. The molecule has 2 aromatic carbocycles. The Morgan fingerprint density at radius 2 is 1.72 bits per heavy atom. The first kappa shape index (κ1) is 25.2. The smallest absolute Gasteiger partial charge is 0.305 e. The Labute approximate surface area is 193 Å².